The fourth-order valence-electron chi connectivity index (χ4n) is 0.856. The van der Waals surface area contributed by atoms with Crippen LogP contribution in [0.4, 0.5) is 0 Å². The average molecular weight is 343 g/mol. The van der Waals surface area contributed by atoms with Crippen molar-refractivity contribution in [1.29, 1.82) is 0 Å². The molecular formula is C8H6Cl2O4Pd. The molecule has 1 aromatic carbocycles. The van der Waals surface area contributed by atoms with E-state index in [0.29, 0.717) is 0 Å². The molecule has 0 saturated carbocycles. The maximum absolute atomic E-state index is 10.5. The van der Waals surface area contributed by atoms with Gasteiger partial charge in [0.05, 0.1) is 11.1 Å². The van der Waals surface area contributed by atoms with Gasteiger partial charge in [-0.1, -0.05) is 12.1 Å². The third-order valence-corrected chi connectivity index (χ3v) is 1.39. The van der Waals surface area contributed by atoms with Crippen molar-refractivity contribution in [3.63, 3.8) is 0 Å². The third kappa shape index (κ3) is 5.15. The van der Waals surface area contributed by atoms with Crippen LogP contribution in [0.2, 0.25) is 0 Å². The van der Waals surface area contributed by atoms with Gasteiger partial charge in [0.2, 0.25) is 0 Å². The summed E-state index contributed by atoms with van der Waals surface area (Å²) in [7, 11) is 9.63. The predicted octanol–water partition coefficient (Wildman–Crippen LogP) is 2.46. The van der Waals surface area contributed by atoms with Crippen LogP contribution in [-0.2, 0) is 15.9 Å². The fraction of sp³-hybridized carbons (Fsp3) is 0. The van der Waals surface area contributed by atoms with Crippen molar-refractivity contribution >= 4 is 31.0 Å². The summed E-state index contributed by atoms with van der Waals surface area (Å²) in [6.07, 6.45) is 0. The number of hydrogen-bond donors (Lipinski definition) is 2. The van der Waals surface area contributed by atoms with Gasteiger partial charge in [-0.25, -0.2) is 9.59 Å². The number of carboxylic acids is 2. The van der Waals surface area contributed by atoms with E-state index >= 15 is 0 Å². The quantitative estimate of drug-likeness (QED) is 0.809. The van der Waals surface area contributed by atoms with E-state index in [2.05, 4.69) is 0 Å². The number of halogens is 2. The molecule has 0 saturated heterocycles. The number of aromatic carboxylic acids is 2. The summed E-state index contributed by atoms with van der Waals surface area (Å²) in [6.45, 7) is 0. The van der Waals surface area contributed by atoms with Gasteiger partial charge in [-0.2, -0.15) is 0 Å². The van der Waals surface area contributed by atoms with Crippen molar-refractivity contribution in [2.24, 2.45) is 0 Å². The minimum absolute atomic E-state index is 0.106. The molecule has 0 amide bonds. The zero-order valence-electron chi connectivity index (χ0n) is 7.09. The third-order valence-electron chi connectivity index (χ3n) is 1.39. The van der Waals surface area contributed by atoms with Crippen LogP contribution in [0.1, 0.15) is 20.7 Å². The number of benzene rings is 1. The van der Waals surface area contributed by atoms with Gasteiger partial charge in [0.1, 0.15) is 0 Å². The van der Waals surface area contributed by atoms with Crippen molar-refractivity contribution in [1.82, 2.24) is 0 Å². The second kappa shape index (κ2) is 7.66. The Balaban J connectivity index is 0.000000583. The molecule has 0 bridgehead atoms. The van der Waals surface area contributed by atoms with Crippen LogP contribution in [0.25, 0.3) is 0 Å². The molecule has 0 fully saturated rings. The first-order valence-corrected chi connectivity index (χ1v) is 7.43. The van der Waals surface area contributed by atoms with E-state index in [1.807, 2.05) is 0 Å². The van der Waals surface area contributed by atoms with E-state index < -0.39 is 11.9 Å². The molecule has 0 aromatic heterocycles. The number of carbonyl (C=O) groups is 2. The van der Waals surface area contributed by atoms with E-state index in [0.717, 1.165) is 0 Å². The Morgan fingerprint density at radius 1 is 1.00 bits per heavy atom. The SMILES string of the molecule is O=C(O)c1ccccc1C(=O)O.[Cl][Pd][Cl]. The zero-order chi connectivity index (χ0) is 11.8. The van der Waals surface area contributed by atoms with Crippen LogP contribution in [0.3, 0.4) is 0 Å². The monoisotopic (exact) mass is 342 g/mol. The second-order valence-corrected chi connectivity index (χ2v) is 4.56. The van der Waals surface area contributed by atoms with Gasteiger partial charge < -0.3 is 10.2 Å². The van der Waals surface area contributed by atoms with E-state index in [-0.39, 0.29) is 27.1 Å². The molecule has 0 aliphatic carbocycles. The molecule has 0 heterocycles. The van der Waals surface area contributed by atoms with Crippen LogP contribution < -0.4 is 0 Å². The van der Waals surface area contributed by atoms with Crippen LogP contribution in [-0.4, -0.2) is 22.2 Å². The van der Waals surface area contributed by atoms with Gasteiger partial charge in [-0.05, 0) is 12.1 Å². The minimum atomic E-state index is -1.23. The first-order valence-electron chi connectivity index (χ1n) is 3.42. The van der Waals surface area contributed by atoms with Crippen molar-refractivity contribution < 1.29 is 35.7 Å². The Morgan fingerprint density at radius 3 is 1.47 bits per heavy atom. The van der Waals surface area contributed by atoms with E-state index in [1.54, 1.807) is 0 Å². The Morgan fingerprint density at radius 2 is 1.27 bits per heavy atom. The summed E-state index contributed by atoms with van der Waals surface area (Å²) in [4.78, 5) is 20.9. The number of hydrogen-bond acceptors (Lipinski definition) is 2. The number of rotatable bonds is 2. The Bertz CT molecular complexity index is 323. The van der Waals surface area contributed by atoms with Gasteiger partial charge in [0.15, 0.2) is 0 Å². The molecule has 1 aromatic rings. The first kappa shape index (κ1) is 14.4. The molecule has 0 aliphatic rings. The predicted molar refractivity (Wildman–Crippen MR) is 52.1 cm³/mol. The number of carboxylic acid groups (broad SMARTS) is 2. The molecule has 0 aliphatic heterocycles. The Labute approximate surface area is 102 Å². The van der Waals surface area contributed by atoms with Gasteiger partial charge in [-0.3, -0.25) is 0 Å². The molecule has 0 radical (unpaired) electrons. The molecule has 86 valence electrons. The van der Waals surface area contributed by atoms with Gasteiger partial charge in [0.25, 0.3) is 0 Å². The standard InChI is InChI=1S/C8H6O4.2ClH.Pd/c9-7(10)5-3-1-2-4-6(5)8(11)12;;;/h1-4H,(H,9,10)(H,11,12);2*1H;/q;;;+2/p-2. The molecule has 4 nitrogen and oxygen atoms in total. The van der Waals surface area contributed by atoms with Crippen molar-refractivity contribution in [2.45, 2.75) is 0 Å². The molecule has 15 heavy (non-hydrogen) atoms. The second-order valence-electron chi connectivity index (χ2n) is 2.20. The normalized spacial score (nSPS) is 8.93. The Kier molecular flexibility index (Phi) is 7.36. The first-order chi connectivity index (χ1) is 7.04. The van der Waals surface area contributed by atoms with E-state index in [4.69, 9.17) is 29.3 Å². The maximum atomic E-state index is 10.5. The van der Waals surface area contributed by atoms with Crippen LogP contribution in [0, 0.1) is 0 Å². The van der Waals surface area contributed by atoms with Gasteiger partial charge in [-0.15, -0.1) is 0 Å². The summed E-state index contributed by atoms with van der Waals surface area (Å²) in [6, 6.07) is 5.48. The van der Waals surface area contributed by atoms with Crippen LogP contribution in [0.5, 0.6) is 0 Å². The molecule has 0 unspecified atom stereocenters. The summed E-state index contributed by atoms with van der Waals surface area (Å²) in [5.41, 5.74) is -0.380. The van der Waals surface area contributed by atoms with Crippen LogP contribution in [0.15, 0.2) is 24.3 Å². The van der Waals surface area contributed by atoms with Crippen molar-refractivity contribution in [2.75, 3.05) is 0 Å². The summed E-state index contributed by atoms with van der Waals surface area (Å²) in [5, 5.41) is 17.1. The van der Waals surface area contributed by atoms with Gasteiger partial charge in [0, 0.05) is 0 Å². The molecule has 1 rings (SSSR count). The van der Waals surface area contributed by atoms with Gasteiger partial charge >= 0.3 is 46.9 Å². The Hall–Kier alpha value is -0.598. The van der Waals surface area contributed by atoms with E-state index in [1.165, 1.54) is 24.3 Å². The summed E-state index contributed by atoms with van der Waals surface area (Å²) >= 11 is -0.106. The molecule has 0 atom stereocenters. The van der Waals surface area contributed by atoms with Crippen molar-refractivity contribution in [3.8, 4) is 0 Å². The average Bonchev–Trinajstić information content (AvgIpc) is 2.19. The van der Waals surface area contributed by atoms with E-state index in [9.17, 15) is 9.59 Å². The van der Waals surface area contributed by atoms with Crippen LogP contribution >= 0.6 is 19.1 Å². The topological polar surface area (TPSA) is 74.6 Å². The summed E-state index contributed by atoms with van der Waals surface area (Å²) < 4.78 is 0. The molecule has 7 heteroatoms. The molecular weight excluding hydrogens is 337 g/mol. The zero-order valence-corrected chi connectivity index (χ0v) is 10.2. The fourth-order valence-corrected chi connectivity index (χ4v) is 0.856. The molecule has 2 N–H and O–H groups in total. The van der Waals surface area contributed by atoms with Crippen molar-refractivity contribution in [3.05, 3.63) is 35.4 Å². The summed E-state index contributed by atoms with van der Waals surface area (Å²) in [5.74, 6) is -2.46. The molecule has 0 spiro atoms.